The van der Waals surface area contributed by atoms with Gasteiger partial charge in [-0.2, -0.15) is 0 Å². The fraction of sp³-hybridized carbons (Fsp3) is 0.600. The van der Waals surface area contributed by atoms with Gasteiger partial charge in [0.25, 0.3) is 0 Å². The van der Waals surface area contributed by atoms with Crippen molar-refractivity contribution in [2.45, 2.75) is 18.3 Å². The quantitative estimate of drug-likeness (QED) is 0.634. The minimum Gasteiger partial charge on any atom is -0.487 e. The van der Waals surface area contributed by atoms with E-state index in [1.807, 2.05) is 18.2 Å². The second kappa shape index (κ2) is 5.71. The Kier molecular flexibility index (Phi) is 3.58. The number of para-hydroxylation sites is 1. The monoisotopic (exact) mass is 294 g/mol. The summed E-state index contributed by atoms with van der Waals surface area (Å²) in [6.07, 6.45) is 0.590. The lowest BCUT2D eigenvalue weighted by atomic mass is 10.3. The molecular formula is C15H18O6. The van der Waals surface area contributed by atoms with E-state index in [4.69, 9.17) is 28.4 Å². The molecule has 3 saturated heterocycles. The molecule has 3 fully saturated rings. The molecule has 6 heteroatoms. The standard InChI is InChI=1S/C15H18O6/c1-2-13(19-7-10-4-16-10)15(21-9-12-6-18-12)14(3-1)20-8-11-5-17-11/h1-3,10-12H,4-9H2. The summed E-state index contributed by atoms with van der Waals surface area (Å²) in [6.45, 7) is 3.86. The Morgan fingerprint density at radius 2 is 1.19 bits per heavy atom. The lowest BCUT2D eigenvalue weighted by Crippen LogP contribution is -2.11. The number of rotatable bonds is 9. The second-order valence-electron chi connectivity index (χ2n) is 5.38. The molecule has 0 spiro atoms. The van der Waals surface area contributed by atoms with Crippen LogP contribution >= 0.6 is 0 Å². The van der Waals surface area contributed by atoms with E-state index in [9.17, 15) is 0 Å². The van der Waals surface area contributed by atoms with E-state index < -0.39 is 0 Å². The summed E-state index contributed by atoms with van der Waals surface area (Å²) in [5.74, 6) is 2.00. The van der Waals surface area contributed by atoms with Crippen LogP contribution in [0.3, 0.4) is 0 Å². The molecule has 3 aliphatic rings. The molecule has 3 unspecified atom stereocenters. The maximum atomic E-state index is 5.84. The lowest BCUT2D eigenvalue weighted by molar-refractivity contribution is 0.208. The largest absolute Gasteiger partial charge is 0.487 e. The average Bonchev–Trinajstić information content (AvgIpc) is 3.38. The van der Waals surface area contributed by atoms with Crippen LogP contribution in [-0.4, -0.2) is 58.0 Å². The number of hydrogen-bond donors (Lipinski definition) is 0. The first-order valence-electron chi connectivity index (χ1n) is 7.25. The highest BCUT2D eigenvalue weighted by atomic mass is 16.6. The summed E-state index contributed by atoms with van der Waals surface area (Å²) < 4.78 is 32.9. The zero-order chi connectivity index (χ0) is 14.1. The summed E-state index contributed by atoms with van der Waals surface area (Å²) in [5, 5.41) is 0. The van der Waals surface area contributed by atoms with E-state index in [1.165, 1.54) is 0 Å². The van der Waals surface area contributed by atoms with Crippen molar-refractivity contribution in [1.82, 2.24) is 0 Å². The van der Waals surface area contributed by atoms with Gasteiger partial charge in [0, 0.05) is 0 Å². The molecule has 114 valence electrons. The summed E-state index contributed by atoms with van der Waals surface area (Å²) in [6, 6.07) is 5.66. The van der Waals surface area contributed by atoms with Crippen molar-refractivity contribution in [1.29, 1.82) is 0 Å². The van der Waals surface area contributed by atoms with Crippen LogP contribution in [-0.2, 0) is 14.2 Å². The molecule has 0 aliphatic carbocycles. The van der Waals surface area contributed by atoms with Crippen molar-refractivity contribution in [2.75, 3.05) is 39.6 Å². The van der Waals surface area contributed by atoms with Gasteiger partial charge in [-0.15, -0.1) is 0 Å². The van der Waals surface area contributed by atoms with Gasteiger partial charge in [0.2, 0.25) is 5.75 Å². The molecule has 0 radical (unpaired) electrons. The molecule has 0 N–H and O–H groups in total. The smallest absolute Gasteiger partial charge is 0.203 e. The predicted molar refractivity (Wildman–Crippen MR) is 72.1 cm³/mol. The maximum Gasteiger partial charge on any atom is 0.203 e. The minimum atomic E-state index is 0.185. The molecule has 0 bridgehead atoms. The topological polar surface area (TPSA) is 65.3 Å². The Morgan fingerprint density at radius 1 is 0.762 bits per heavy atom. The van der Waals surface area contributed by atoms with Crippen LogP contribution in [0.1, 0.15) is 0 Å². The molecule has 3 heterocycles. The predicted octanol–water partition coefficient (Wildman–Crippen LogP) is 1.02. The Balaban J connectivity index is 1.45. The Bertz CT molecular complexity index is 459. The highest BCUT2D eigenvalue weighted by Crippen LogP contribution is 2.38. The van der Waals surface area contributed by atoms with Crippen molar-refractivity contribution in [2.24, 2.45) is 0 Å². The van der Waals surface area contributed by atoms with E-state index in [0.29, 0.717) is 37.1 Å². The third-order valence-corrected chi connectivity index (χ3v) is 3.41. The highest BCUT2D eigenvalue weighted by Gasteiger charge is 2.28. The highest BCUT2D eigenvalue weighted by molar-refractivity contribution is 5.51. The van der Waals surface area contributed by atoms with Crippen LogP contribution in [0.2, 0.25) is 0 Å². The molecule has 1 aromatic rings. The van der Waals surface area contributed by atoms with Gasteiger partial charge in [-0.25, -0.2) is 0 Å². The Hall–Kier alpha value is -1.50. The molecule has 4 rings (SSSR count). The number of ether oxygens (including phenoxy) is 6. The van der Waals surface area contributed by atoms with Crippen LogP contribution in [0.15, 0.2) is 18.2 Å². The van der Waals surface area contributed by atoms with Gasteiger partial charge in [0.15, 0.2) is 11.5 Å². The van der Waals surface area contributed by atoms with Crippen LogP contribution in [0.5, 0.6) is 17.2 Å². The van der Waals surface area contributed by atoms with Gasteiger partial charge in [-0.1, -0.05) is 6.07 Å². The van der Waals surface area contributed by atoms with Crippen molar-refractivity contribution < 1.29 is 28.4 Å². The van der Waals surface area contributed by atoms with Crippen LogP contribution in [0.25, 0.3) is 0 Å². The van der Waals surface area contributed by atoms with Gasteiger partial charge in [-0.05, 0) is 12.1 Å². The molecule has 6 nitrogen and oxygen atoms in total. The first-order chi connectivity index (χ1) is 10.4. The first-order valence-corrected chi connectivity index (χ1v) is 7.25. The first kappa shape index (κ1) is 13.2. The van der Waals surface area contributed by atoms with Crippen LogP contribution < -0.4 is 14.2 Å². The van der Waals surface area contributed by atoms with E-state index in [0.717, 1.165) is 19.8 Å². The maximum absolute atomic E-state index is 5.84. The summed E-state index contributed by atoms with van der Waals surface area (Å²) in [7, 11) is 0. The van der Waals surface area contributed by atoms with Gasteiger partial charge in [-0.3, -0.25) is 0 Å². The van der Waals surface area contributed by atoms with E-state index in [1.54, 1.807) is 0 Å². The molecule has 1 aromatic carbocycles. The van der Waals surface area contributed by atoms with E-state index >= 15 is 0 Å². The van der Waals surface area contributed by atoms with Crippen molar-refractivity contribution >= 4 is 0 Å². The second-order valence-corrected chi connectivity index (χ2v) is 5.38. The minimum absolute atomic E-state index is 0.185. The van der Waals surface area contributed by atoms with E-state index in [-0.39, 0.29) is 18.3 Å². The Labute approximate surface area is 122 Å². The fourth-order valence-corrected chi connectivity index (χ4v) is 1.90. The fourth-order valence-electron chi connectivity index (χ4n) is 1.90. The third-order valence-electron chi connectivity index (χ3n) is 3.41. The molecular weight excluding hydrogens is 276 g/mol. The molecule has 3 atom stereocenters. The molecule has 0 amide bonds. The van der Waals surface area contributed by atoms with Crippen LogP contribution in [0.4, 0.5) is 0 Å². The normalized spacial score (nSPS) is 28.9. The zero-order valence-corrected chi connectivity index (χ0v) is 11.7. The van der Waals surface area contributed by atoms with E-state index in [2.05, 4.69) is 0 Å². The number of hydrogen-bond acceptors (Lipinski definition) is 6. The van der Waals surface area contributed by atoms with Gasteiger partial charge >= 0.3 is 0 Å². The Morgan fingerprint density at radius 3 is 1.62 bits per heavy atom. The molecule has 21 heavy (non-hydrogen) atoms. The summed E-state index contributed by atoms with van der Waals surface area (Å²) in [4.78, 5) is 0. The summed E-state index contributed by atoms with van der Waals surface area (Å²) in [5.41, 5.74) is 0. The van der Waals surface area contributed by atoms with Crippen LogP contribution in [0, 0.1) is 0 Å². The van der Waals surface area contributed by atoms with Crippen molar-refractivity contribution in [3.8, 4) is 17.2 Å². The lowest BCUT2D eigenvalue weighted by Gasteiger charge is -2.16. The molecule has 0 aromatic heterocycles. The molecule has 3 aliphatic heterocycles. The van der Waals surface area contributed by atoms with Gasteiger partial charge in [0.05, 0.1) is 19.8 Å². The van der Waals surface area contributed by atoms with Gasteiger partial charge < -0.3 is 28.4 Å². The third kappa shape index (κ3) is 3.78. The van der Waals surface area contributed by atoms with Gasteiger partial charge in [0.1, 0.15) is 38.1 Å². The van der Waals surface area contributed by atoms with Crippen molar-refractivity contribution in [3.05, 3.63) is 18.2 Å². The molecule has 0 saturated carbocycles. The number of benzene rings is 1. The summed E-state index contributed by atoms with van der Waals surface area (Å²) >= 11 is 0. The SMILES string of the molecule is c1cc(OCC2CO2)c(OCC2CO2)c(OCC2CO2)c1. The number of epoxide rings is 3. The van der Waals surface area contributed by atoms with Crippen molar-refractivity contribution in [3.63, 3.8) is 0 Å². The average molecular weight is 294 g/mol. The zero-order valence-electron chi connectivity index (χ0n) is 11.7.